The predicted molar refractivity (Wildman–Crippen MR) is 183 cm³/mol. The molecule has 5 rings (SSSR count). The van der Waals surface area contributed by atoms with Crippen LogP contribution in [0.15, 0.2) is 130 Å². The highest BCUT2D eigenvalue weighted by Gasteiger charge is 2.24. The number of aryl methyl sites for hydroxylation is 1. The molecule has 3 N–H and O–H groups in total. The number of anilines is 3. The number of hydrogen-bond acceptors (Lipinski definition) is 7. The van der Waals surface area contributed by atoms with Crippen molar-refractivity contribution < 1.29 is 18.9 Å². The van der Waals surface area contributed by atoms with Gasteiger partial charge >= 0.3 is 0 Å². The van der Waals surface area contributed by atoms with Gasteiger partial charge in [0.25, 0.3) is 11.8 Å². The fraction of sp³-hybridized carbons (Fsp3) is 0.111. The van der Waals surface area contributed by atoms with Crippen LogP contribution in [-0.4, -0.2) is 37.0 Å². The Hall–Kier alpha value is -5.61. The molecule has 0 fully saturated rings. The van der Waals surface area contributed by atoms with Crippen molar-refractivity contribution in [2.24, 2.45) is 0 Å². The first-order chi connectivity index (χ1) is 22.2. The molecule has 1 atom stereocenters. The standard InChI is InChI=1S/C36H33N5O4S/c1-24-21-32(40-45-24)39-36(44)33(26-11-6-4-7-12-26)46-30-16-10-15-28(23-30)37-35(43)31(38-34(42)27-13-8-5-9-14-27)22-25-17-19-29(20-18-25)41(2)3/h4-23,33H,1-3H3,(H,37,43)(H,38,42)(H,39,40,44)/b31-22+. The molecule has 10 heteroatoms. The minimum Gasteiger partial charge on any atom is -0.378 e. The number of nitrogens with one attached hydrogen (secondary N) is 3. The molecule has 0 spiro atoms. The number of thioether (sulfide) groups is 1. The largest absolute Gasteiger partial charge is 0.378 e. The van der Waals surface area contributed by atoms with E-state index in [0.29, 0.717) is 22.8 Å². The van der Waals surface area contributed by atoms with E-state index in [9.17, 15) is 14.4 Å². The van der Waals surface area contributed by atoms with Crippen molar-refractivity contribution in [1.29, 1.82) is 0 Å². The van der Waals surface area contributed by atoms with E-state index in [0.717, 1.165) is 21.7 Å². The van der Waals surface area contributed by atoms with Gasteiger partial charge in [-0.15, -0.1) is 11.8 Å². The Kier molecular flexibility index (Phi) is 10.3. The minimum atomic E-state index is -0.616. The number of carbonyl (C=O) groups is 3. The molecule has 1 heterocycles. The zero-order valence-electron chi connectivity index (χ0n) is 25.6. The molecule has 3 amide bonds. The number of carbonyl (C=O) groups excluding carboxylic acids is 3. The zero-order chi connectivity index (χ0) is 32.5. The Morgan fingerprint density at radius 1 is 0.826 bits per heavy atom. The van der Waals surface area contributed by atoms with Gasteiger partial charge in [-0.3, -0.25) is 14.4 Å². The fourth-order valence-corrected chi connectivity index (χ4v) is 5.56. The molecule has 46 heavy (non-hydrogen) atoms. The lowest BCUT2D eigenvalue weighted by Crippen LogP contribution is -2.30. The van der Waals surface area contributed by atoms with Crippen LogP contribution < -0.4 is 20.9 Å². The lowest BCUT2D eigenvalue weighted by Gasteiger charge is -2.17. The summed E-state index contributed by atoms with van der Waals surface area (Å²) in [6.45, 7) is 1.75. The number of benzene rings is 4. The third-order valence-electron chi connectivity index (χ3n) is 6.81. The normalized spacial score (nSPS) is 11.8. The van der Waals surface area contributed by atoms with Gasteiger partial charge < -0.3 is 25.4 Å². The highest BCUT2D eigenvalue weighted by Crippen LogP contribution is 2.37. The van der Waals surface area contributed by atoms with Crippen LogP contribution in [0.4, 0.5) is 17.2 Å². The van der Waals surface area contributed by atoms with E-state index < -0.39 is 17.1 Å². The van der Waals surface area contributed by atoms with Gasteiger partial charge in [0.15, 0.2) is 5.82 Å². The van der Waals surface area contributed by atoms with E-state index >= 15 is 0 Å². The van der Waals surface area contributed by atoms with Gasteiger partial charge in [0.05, 0.1) is 0 Å². The first-order valence-electron chi connectivity index (χ1n) is 14.5. The Labute approximate surface area is 271 Å². The molecule has 1 unspecified atom stereocenters. The Bertz CT molecular complexity index is 1840. The fourth-order valence-electron chi connectivity index (χ4n) is 4.48. The van der Waals surface area contributed by atoms with Crippen molar-refractivity contribution in [3.63, 3.8) is 0 Å². The molecule has 5 aromatic rings. The minimum absolute atomic E-state index is 0.0777. The molecule has 232 valence electrons. The maximum atomic E-state index is 13.6. The lowest BCUT2D eigenvalue weighted by molar-refractivity contribution is -0.116. The first kappa shape index (κ1) is 31.8. The number of aromatic nitrogens is 1. The highest BCUT2D eigenvalue weighted by atomic mass is 32.2. The number of rotatable bonds is 11. The molecule has 0 aliphatic carbocycles. The smallest absolute Gasteiger partial charge is 0.272 e. The maximum absolute atomic E-state index is 13.6. The van der Waals surface area contributed by atoms with E-state index in [1.165, 1.54) is 11.8 Å². The van der Waals surface area contributed by atoms with Gasteiger partial charge in [-0.25, -0.2) is 0 Å². The van der Waals surface area contributed by atoms with Crippen LogP contribution in [-0.2, 0) is 9.59 Å². The van der Waals surface area contributed by atoms with Crippen LogP contribution in [0, 0.1) is 6.92 Å². The summed E-state index contributed by atoms with van der Waals surface area (Å²) in [5.41, 5.74) is 3.55. The summed E-state index contributed by atoms with van der Waals surface area (Å²) in [7, 11) is 3.89. The van der Waals surface area contributed by atoms with Crippen LogP contribution in [0.25, 0.3) is 6.08 Å². The summed E-state index contributed by atoms with van der Waals surface area (Å²) < 4.78 is 5.10. The number of amides is 3. The van der Waals surface area contributed by atoms with Crippen molar-refractivity contribution >= 4 is 52.8 Å². The number of nitrogens with zero attached hydrogens (tertiary/aromatic N) is 2. The van der Waals surface area contributed by atoms with Crippen molar-refractivity contribution in [1.82, 2.24) is 10.5 Å². The van der Waals surface area contributed by atoms with Gasteiger partial charge in [-0.2, -0.15) is 0 Å². The molecular weight excluding hydrogens is 598 g/mol. The summed E-state index contributed by atoms with van der Waals surface area (Å²) >= 11 is 1.33. The van der Waals surface area contributed by atoms with E-state index in [2.05, 4.69) is 21.1 Å². The van der Waals surface area contributed by atoms with Crippen LogP contribution in [0.2, 0.25) is 0 Å². The second-order valence-electron chi connectivity index (χ2n) is 10.6. The summed E-state index contributed by atoms with van der Waals surface area (Å²) in [5, 5.41) is 11.8. The van der Waals surface area contributed by atoms with Crippen LogP contribution in [0.5, 0.6) is 0 Å². The van der Waals surface area contributed by atoms with Crippen LogP contribution >= 0.6 is 11.8 Å². The monoisotopic (exact) mass is 631 g/mol. The highest BCUT2D eigenvalue weighted by molar-refractivity contribution is 8.00. The molecule has 0 saturated carbocycles. The zero-order valence-corrected chi connectivity index (χ0v) is 26.4. The molecule has 0 aliphatic heterocycles. The van der Waals surface area contributed by atoms with Crippen molar-refractivity contribution in [3.8, 4) is 0 Å². The predicted octanol–water partition coefficient (Wildman–Crippen LogP) is 6.93. The topological polar surface area (TPSA) is 117 Å². The van der Waals surface area contributed by atoms with Crippen molar-refractivity contribution in [2.75, 3.05) is 29.6 Å². The van der Waals surface area contributed by atoms with Crippen LogP contribution in [0.3, 0.4) is 0 Å². The summed E-state index contributed by atoms with van der Waals surface area (Å²) in [5.74, 6) is -0.259. The third kappa shape index (κ3) is 8.52. The van der Waals surface area contributed by atoms with Crippen molar-refractivity contribution in [3.05, 3.63) is 143 Å². The lowest BCUT2D eigenvalue weighted by atomic mass is 10.1. The number of hydrogen-bond donors (Lipinski definition) is 3. The van der Waals surface area contributed by atoms with Gasteiger partial charge in [0.1, 0.15) is 16.7 Å². The first-order valence-corrected chi connectivity index (χ1v) is 15.4. The quantitative estimate of drug-likeness (QED) is 0.107. The van der Waals surface area contributed by atoms with E-state index in [-0.39, 0.29) is 11.6 Å². The van der Waals surface area contributed by atoms with Gasteiger partial charge in [-0.1, -0.05) is 71.9 Å². The second-order valence-corrected chi connectivity index (χ2v) is 11.7. The Morgan fingerprint density at radius 3 is 2.17 bits per heavy atom. The van der Waals surface area contributed by atoms with Crippen LogP contribution in [0.1, 0.15) is 32.5 Å². The van der Waals surface area contributed by atoms with E-state index in [1.807, 2.05) is 85.7 Å². The third-order valence-corrected chi connectivity index (χ3v) is 8.06. The molecular formula is C36H33N5O4S. The van der Waals surface area contributed by atoms with Gasteiger partial charge in [0, 0.05) is 42.0 Å². The Morgan fingerprint density at radius 2 is 1.52 bits per heavy atom. The molecule has 0 aliphatic rings. The van der Waals surface area contributed by atoms with Gasteiger partial charge in [0.2, 0.25) is 5.91 Å². The maximum Gasteiger partial charge on any atom is 0.272 e. The molecule has 0 saturated heterocycles. The molecule has 9 nitrogen and oxygen atoms in total. The molecule has 0 bridgehead atoms. The molecule has 0 radical (unpaired) electrons. The van der Waals surface area contributed by atoms with Crippen molar-refractivity contribution in [2.45, 2.75) is 17.1 Å². The average molecular weight is 632 g/mol. The summed E-state index contributed by atoms with van der Waals surface area (Å²) in [6.07, 6.45) is 1.63. The average Bonchev–Trinajstić information content (AvgIpc) is 3.48. The Balaban J connectivity index is 1.37. The SMILES string of the molecule is Cc1cc(NC(=O)C(Sc2cccc(NC(=O)/C(=C\c3ccc(N(C)C)cc3)NC(=O)c3ccccc3)c2)c2ccccc2)no1. The molecule has 1 aromatic heterocycles. The van der Waals surface area contributed by atoms with E-state index in [1.54, 1.807) is 61.5 Å². The molecule has 4 aromatic carbocycles. The summed E-state index contributed by atoms with van der Waals surface area (Å²) in [6, 6.07) is 34.6. The van der Waals surface area contributed by atoms with Gasteiger partial charge in [-0.05, 0) is 66.6 Å². The summed E-state index contributed by atoms with van der Waals surface area (Å²) in [4.78, 5) is 42.8. The second kappa shape index (κ2) is 14.9. The van der Waals surface area contributed by atoms with E-state index in [4.69, 9.17) is 4.52 Å².